The molecule has 1 N–H and O–H groups in total. The fourth-order valence-corrected chi connectivity index (χ4v) is 2.73. The number of rotatable bonds is 4. The summed E-state index contributed by atoms with van der Waals surface area (Å²) in [5.41, 5.74) is 1.67. The first-order valence-corrected chi connectivity index (χ1v) is 7.25. The largest absolute Gasteiger partial charge is 0.465 e. The molecule has 114 valence electrons. The molecule has 1 aliphatic heterocycles. The van der Waals surface area contributed by atoms with Crippen LogP contribution in [0.1, 0.15) is 28.8 Å². The van der Waals surface area contributed by atoms with E-state index in [9.17, 15) is 9.59 Å². The van der Waals surface area contributed by atoms with Crippen LogP contribution in [0.5, 0.6) is 0 Å². The molecule has 0 saturated carbocycles. The maximum Gasteiger partial charge on any atom is 0.337 e. The molecule has 0 aliphatic carbocycles. The number of hydrogen-bond donors (Lipinski definition) is 1. The predicted octanol–water partition coefficient (Wildman–Crippen LogP) is 1.43. The van der Waals surface area contributed by atoms with Crippen LogP contribution in [-0.2, 0) is 16.1 Å². The van der Waals surface area contributed by atoms with Crippen LogP contribution in [0.3, 0.4) is 0 Å². The van der Waals surface area contributed by atoms with Gasteiger partial charge in [-0.25, -0.2) is 4.79 Å². The minimum atomic E-state index is -0.310. The molecule has 21 heavy (non-hydrogen) atoms. The summed E-state index contributed by atoms with van der Waals surface area (Å²) in [7, 11) is 3.07. The molecule has 1 aromatic rings. The SMILES string of the molecule is CNC(=O)C1CCN(Cc2cccc(C(=O)OC)c2)CC1. The summed E-state index contributed by atoms with van der Waals surface area (Å²) in [6, 6.07) is 7.51. The van der Waals surface area contributed by atoms with Gasteiger partial charge in [-0.2, -0.15) is 0 Å². The molecule has 1 amide bonds. The summed E-state index contributed by atoms with van der Waals surface area (Å²) in [6.07, 6.45) is 1.77. The Balaban J connectivity index is 1.92. The van der Waals surface area contributed by atoms with Gasteiger partial charge in [0.1, 0.15) is 0 Å². The van der Waals surface area contributed by atoms with Crippen molar-refractivity contribution >= 4 is 11.9 Å². The highest BCUT2D eigenvalue weighted by molar-refractivity contribution is 5.89. The summed E-state index contributed by atoms with van der Waals surface area (Å²) in [4.78, 5) is 25.4. The second kappa shape index (κ2) is 7.22. The second-order valence-corrected chi connectivity index (χ2v) is 5.36. The van der Waals surface area contributed by atoms with Crippen LogP contribution in [0, 0.1) is 5.92 Å². The molecule has 2 rings (SSSR count). The van der Waals surface area contributed by atoms with Gasteiger partial charge in [-0.05, 0) is 43.6 Å². The molecule has 1 aromatic carbocycles. The Morgan fingerprint density at radius 2 is 2.05 bits per heavy atom. The Morgan fingerprint density at radius 3 is 2.67 bits per heavy atom. The lowest BCUT2D eigenvalue weighted by Gasteiger charge is -2.31. The predicted molar refractivity (Wildman–Crippen MR) is 79.8 cm³/mol. The molecule has 0 atom stereocenters. The first kappa shape index (κ1) is 15.5. The molecule has 5 nitrogen and oxygen atoms in total. The Kier molecular flexibility index (Phi) is 5.33. The number of nitrogens with one attached hydrogen (secondary N) is 1. The number of piperidine rings is 1. The molecular weight excluding hydrogens is 268 g/mol. The molecule has 0 spiro atoms. The smallest absolute Gasteiger partial charge is 0.337 e. The molecule has 0 radical (unpaired) electrons. The van der Waals surface area contributed by atoms with Crippen LogP contribution in [0.2, 0.25) is 0 Å². The van der Waals surface area contributed by atoms with E-state index in [1.54, 1.807) is 13.1 Å². The zero-order valence-electron chi connectivity index (χ0n) is 12.6. The van der Waals surface area contributed by atoms with Crippen molar-refractivity contribution in [3.05, 3.63) is 35.4 Å². The van der Waals surface area contributed by atoms with E-state index in [2.05, 4.69) is 10.2 Å². The molecular formula is C16H22N2O3. The third-order valence-corrected chi connectivity index (χ3v) is 3.96. The number of esters is 1. The van der Waals surface area contributed by atoms with Crippen LogP contribution < -0.4 is 5.32 Å². The summed E-state index contributed by atoms with van der Waals surface area (Å²) in [6.45, 7) is 2.60. The van der Waals surface area contributed by atoms with Crippen molar-refractivity contribution in [1.29, 1.82) is 0 Å². The van der Waals surface area contributed by atoms with Crippen molar-refractivity contribution in [1.82, 2.24) is 10.2 Å². The number of amides is 1. The van der Waals surface area contributed by atoms with Crippen LogP contribution in [0.4, 0.5) is 0 Å². The molecule has 0 aromatic heterocycles. The normalized spacial score (nSPS) is 16.5. The van der Waals surface area contributed by atoms with Crippen LogP contribution >= 0.6 is 0 Å². The molecule has 1 heterocycles. The van der Waals surface area contributed by atoms with Crippen LogP contribution in [-0.4, -0.2) is 44.0 Å². The summed E-state index contributed by atoms with van der Waals surface area (Å²) < 4.78 is 4.74. The van der Waals surface area contributed by atoms with Gasteiger partial charge in [-0.3, -0.25) is 9.69 Å². The van der Waals surface area contributed by atoms with Crippen LogP contribution in [0.15, 0.2) is 24.3 Å². The monoisotopic (exact) mass is 290 g/mol. The van der Waals surface area contributed by atoms with Gasteiger partial charge in [-0.15, -0.1) is 0 Å². The van der Waals surface area contributed by atoms with Crippen LogP contribution in [0.25, 0.3) is 0 Å². The van der Waals surface area contributed by atoms with Crippen molar-refractivity contribution in [2.24, 2.45) is 5.92 Å². The van der Waals surface area contributed by atoms with E-state index >= 15 is 0 Å². The Bertz CT molecular complexity index is 508. The number of hydrogen-bond acceptors (Lipinski definition) is 4. The quantitative estimate of drug-likeness (QED) is 0.852. The molecule has 0 bridgehead atoms. The lowest BCUT2D eigenvalue weighted by Crippen LogP contribution is -2.39. The van der Waals surface area contributed by atoms with Gasteiger partial charge in [-0.1, -0.05) is 12.1 Å². The van der Waals surface area contributed by atoms with Gasteiger partial charge in [0.25, 0.3) is 0 Å². The van der Waals surface area contributed by atoms with E-state index in [-0.39, 0.29) is 17.8 Å². The first-order valence-electron chi connectivity index (χ1n) is 7.25. The maximum atomic E-state index is 11.6. The Morgan fingerprint density at radius 1 is 1.33 bits per heavy atom. The summed E-state index contributed by atoms with van der Waals surface area (Å²) >= 11 is 0. The molecule has 5 heteroatoms. The Hall–Kier alpha value is -1.88. The maximum absolute atomic E-state index is 11.6. The average Bonchev–Trinajstić information content (AvgIpc) is 2.54. The number of carbonyl (C=O) groups is 2. The lowest BCUT2D eigenvalue weighted by atomic mass is 9.95. The first-order chi connectivity index (χ1) is 10.1. The third kappa shape index (κ3) is 4.04. The average molecular weight is 290 g/mol. The number of carbonyl (C=O) groups excluding carboxylic acids is 2. The molecule has 0 unspecified atom stereocenters. The highest BCUT2D eigenvalue weighted by atomic mass is 16.5. The fourth-order valence-electron chi connectivity index (χ4n) is 2.73. The second-order valence-electron chi connectivity index (χ2n) is 5.36. The lowest BCUT2D eigenvalue weighted by molar-refractivity contribution is -0.125. The Labute approximate surface area is 125 Å². The molecule has 1 aliphatic rings. The minimum absolute atomic E-state index is 0.132. The molecule has 1 saturated heterocycles. The van der Waals surface area contributed by atoms with Gasteiger partial charge in [0.2, 0.25) is 5.91 Å². The number of benzene rings is 1. The van der Waals surface area contributed by atoms with E-state index < -0.39 is 0 Å². The van der Waals surface area contributed by atoms with Gasteiger partial charge in [0, 0.05) is 19.5 Å². The summed E-state index contributed by atoms with van der Waals surface area (Å²) in [5, 5.41) is 2.72. The van der Waals surface area contributed by atoms with E-state index in [1.807, 2.05) is 18.2 Å². The minimum Gasteiger partial charge on any atom is -0.465 e. The summed E-state index contributed by atoms with van der Waals surface area (Å²) in [5.74, 6) is -0.0369. The zero-order valence-corrected chi connectivity index (χ0v) is 12.6. The molecule has 1 fully saturated rings. The van der Waals surface area contributed by atoms with E-state index in [1.165, 1.54) is 7.11 Å². The van der Waals surface area contributed by atoms with Crippen molar-refractivity contribution in [3.8, 4) is 0 Å². The van der Waals surface area contributed by atoms with E-state index in [0.29, 0.717) is 5.56 Å². The number of nitrogens with zero attached hydrogens (tertiary/aromatic N) is 1. The van der Waals surface area contributed by atoms with Crippen molar-refractivity contribution in [3.63, 3.8) is 0 Å². The van der Waals surface area contributed by atoms with Gasteiger partial charge >= 0.3 is 5.97 Å². The van der Waals surface area contributed by atoms with E-state index in [0.717, 1.165) is 38.0 Å². The fraction of sp³-hybridized carbons (Fsp3) is 0.500. The van der Waals surface area contributed by atoms with Crippen molar-refractivity contribution < 1.29 is 14.3 Å². The number of likely N-dealkylation sites (tertiary alicyclic amines) is 1. The third-order valence-electron chi connectivity index (χ3n) is 3.96. The van der Waals surface area contributed by atoms with Gasteiger partial charge < -0.3 is 10.1 Å². The van der Waals surface area contributed by atoms with Crippen molar-refractivity contribution in [2.75, 3.05) is 27.2 Å². The highest BCUT2D eigenvalue weighted by Gasteiger charge is 2.24. The van der Waals surface area contributed by atoms with Crippen molar-refractivity contribution in [2.45, 2.75) is 19.4 Å². The number of ether oxygens (including phenoxy) is 1. The van der Waals surface area contributed by atoms with Gasteiger partial charge in [0.05, 0.1) is 12.7 Å². The standard InChI is InChI=1S/C16H22N2O3/c1-17-15(19)13-6-8-18(9-7-13)11-12-4-3-5-14(10-12)16(20)21-2/h3-5,10,13H,6-9,11H2,1-2H3,(H,17,19). The van der Waals surface area contributed by atoms with Gasteiger partial charge in [0.15, 0.2) is 0 Å². The van der Waals surface area contributed by atoms with E-state index in [4.69, 9.17) is 4.74 Å². The highest BCUT2D eigenvalue weighted by Crippen LogP contribution is 2.19. The zero-order chi connectivity index (χ0) is 15.2. The number of methoxy groups -OCH3 is 1. The topological polar surface area (TPSA) is 58.6 Å².